The lowest BCUT2D eigenvalue weighted by Gasteiger charge is -2.15. The third-order valence-corrected chi connectivity index (χ3v) is 4.59. The van der Waals surface area contributed by atoms with Crippen LogP contribution in [0.25, 0.3) is 0 Å². The summed E-state index contributed by atoms with van der Waals surface area (Å²) in [6, 6.07) is 10.5. The van der Waals surface area contributed by atoms with Crippen molar-refractivity contribution < 1.29 is 5.11 Å². The van der Waals surface area contributed by atoms with Gasteiger partial charge < -0.3 is 5.11 Å². The van der Waals surface area contributed by atoms with Crippen molar-refractivity contribution in [3.05, 3.63) is 56.8 Å². The van der Waals surface area contributed by atoms with E-state index in [9.17, 15) is 5.11 Å². The standard InChI is InChI=1S/C16H20OS/c1-4-13-8-9-14(18-13)10-15(17)16-11(2)6-5-7-12(16)3/h5-9,15,17H,4,10H2,1-3H3. The quantitative estimate of drug-likeness (QED) is 0.873. The van der Waals surface area contributed by atoms with Gasteiger partial charge in [0, 0.05) is 16.2 Å². The minimum absolute atomic E-state index is 0.394. The van der Waals surface area contributed by atoms with E-state index in [0.717, 1.165) is 18.4 Å². The molecule has 1 heterocycles. The molecule has 1 aromatic heterocycles. The number of benzene rings is 1. The maximum atomic E-state index is 10.4. The molecule has 0 amide bonds. The molecule has 0 aliphatic carbocycles. The fourth-order valence-corrected chi connectivity index (χ4v) is 3.36. The van der Waals surface area contributed by atoms with Crippen LogP contribution in [0.5, 0.6) is 0 Å². The first-order valence-corrected chi connectivity index (χ1v) is 7.25. The highest BCUT2D eigenvalue weighted by Gasteiger charge is 2.14. The molecule has 1 nitrogen and oxygen atoms in total. The Bertz CT molecular complexity index is 507. The number of hydrogen-bond donors (Lipinski definition) is 1. The molecule has 0 spiro atoms. The van der Waals surface area contributed by atoms with Gasteiger partial charge >= 0.3 is 0 Å². The number of rotatable bonds is 4. The Labute approximate surface area is 113 Å². The van der Waals surface area contributed by atoms with Gasteiger partial charge in [0.2, 0.25) is 0 Å². The molecule has 0 radical (unpaired) electrons. The Kier molecular flexibility index (Phi) is 4.20. The molecule has 1 aromatic carbocycles. The van der Waals surface area contributed by atoms with Crippen LogP contribution in [0.15, 0.2) is 30.3 Å². The predicted octanol–water partition coefficient (Wildman–Crippen LogP) is 4.20. The fraction of sp³-hybridized carbons (Fsp3) is 0.375. The molecule has 0 fully saturated rings. The van der Waals surface area contributed by atoms with Crippen molar-refractivity contribution >= 4 is 11.3 Å². The molecule has 18 heavy (non-hydrogen) atoms. The molecule has 0 aliphatic rings. The van der Waals surface area contributed by atoms with Crippen molar-refractivity contribution in [3.63, 3.8) is 0 Å². The number of thiophene rings is 1. The van der Waals surface area contributed by atoms with E-state index in [2.05, 4.69) is 45.0 Å². The summed E-state index contributed by atoms with van der Waals surface area (Å²) in [5, 5.41) is 10.4. The van der Waals surface area contributed by atoms with Crippen molar-refractivity contribution in [2.24, 2.45) is 0 Å². The minimum atomic E-state index is -0.394. The van der Waals surface area contributed by atoms with Crippen LogP contribution >= 0.6 is 11.3 Å². The van der Waals surface area contributed by atoms with Gasteiger partial charge in [-0.3, -0.25) is 0 Å². The van der Waals surface area contributed by atoms with Gasteiger partial charge in [-0.15, -0.1) is 11.3 Å². The lowest BCUT2D eigenvalue weighted by molar-refractivity contribution is 0.178. The van der Waals surface area contributed by atoms with Gasteiger partial charge in [-0.2, -0.15) is 0 Å². The highest BCUT2D eigenvalue weighted by Crippen LogP contribution is 2.27. The van der Waals surface area contributed by atoms with E-state index in [1.807, 2.05) is 17.4 Å². The molecule has 0 bridgehead atoms. The topological polar surface area (TPSA) is 20.2 Å². The van der Waals surface area contributed by atoms with Gasteiger partial charge in [0.15, 0.2) is 0 Å². The molecule has 96 valence electrons. The molecule has 0 aliphatic heterocycles. The molecule has 1 N–H and O–H groups in total. The van der Waals surface area contributed by atoms with E-state index in [1.165, 1.54) is 20.9 Å². The van der Waals surface area contributed by atoms with Crippen LogP contribution in [0.4, 0.5) is 0 Å². The zero-order valence-electron chi connectivity index (χ0n) is 11.2. The molecule has 1 atom stereocenters. The first-order valence-electron chi connectivity index (χ1n) is 6.43. The lowest BCUT2D eigenvalue weighted by Crippen LogP contribution is -2.05. The monoisotopic (exact) mass is 260 g/mol. The van der Waals surface area contributed by atoms with Gasteiger partial charge in [0.1, 0.15) is 0 Å². The van der Waals surface area contributed by atoms with Gasteiger partial charge in [-0.1, -0.05) is 25.1 Å². The number of aliphatic hydroxyl groups excluding tert-OH is 1. The van der Waals surface area contributed by atoms with Crippen LogP contribution in [0.1, 0.15) is 39.5 Å². The van der Waals surface area contributed by atoms with E-state index >= 15 is 0 Å². The first kappa shape index (κ1) is 13.3. The van der Waals surface area contributed by atoms with E-state index in [4.69, 9.17) is 0 Å². The van der Waals surface area contributed by atoms with Crippen molar-refractivity contribution in [1.82, 2.24) is 0 Å². The van der Waals surface area contributed by atoms with Crippen LogP contribution in [-0.4, -0.2) is 5.11 Å². The Hall–Kier alpha value is -1.12. The second-order valence-corrected chi connectivity index (χ2v) is 6.00. The summed E-state index contributed by atoms with van der Waals surface area (Å²) in [4.78, 5) is 2.65. The van der Waals surface area contributed by atoms with E-state index in [0.29, 0.717) is 0 Å². The summed E-state index contributed by atoms with van der Waals surface area (Å²) in [5.41, 5.74) is 3.44. The number of hydrogen-bond acceptors (Lipinski definition) is 2. The summed E-state index contributed by atoms with van der Waals surface area (Å²) >= 11 is 1.81. The maximum Gasteiger partial charge on any atom is 0.0843 e. The molecule has 2 heteroatoms. The molecule has 0 saturated heterocycles. The summed E-state index contributed by atoms with van der Waals surface area (Å²) in [6.45, 7) is 6.30. The van der Waals surface area contributed by atoms with Crippen LogP contribution in [0.2, 0.25) is 0 Å². The van der Waals surface area contributed by atoms with Gasteiger partial charge in [-0.25, -0.2) is 0 Å². The Morgan fingerprint density at radius 1 is 1.06 bits per heavy atom. The molecule has 1 unspecified atom stereocenters. The van der Waals surface area contributed by atoms with Crippen molar-refractivity contribution in [2.75, 3.05) is 0 Å². The van der Waals surface area contributed by atoms with Crippen LogP contribution in [-0.2, 0) is 12.8 Å². The predicted molar refractivity (Wildman–Crippen MR) is 78.3 cm³/mol. The molecule has 0 saturated carbocycles. The molecule has 2 rings (SSSR count). The normalized spacial score (nSPS) is 12.7. The Morgan fingerprint density at radius 3 is 2.22 bits per heavy atom. The molecular weight excluding hydrogens is 240 g/mol. The zero-order chi connectivity index (χ0) is 13.1. The van der Waals surface area contributed by atoms with Gasteiger partial charge in [0.25, 0.3) is 0 Å². The second kappa shape index (κ2) is 5.68. The summed E-state index contributed by atoms with van der Waals surface area (Å²) in [5.74, 6) is 0. The van der Waals surface area contributed by atoms with E-state index < -0.39 is 6.10 Å². The van der Waals surface area contributed by atoms with Crippen LogP contribution in [0.3, 0.4) is 0 Å². The van der Waals surface area contributed by atoms with Crippen molar-refractivity contribution in [2.45, 2.75) is 39.7 Å². The van der Waals surface area contributed by atoms with Crippen LogP contribution < -0.4 is 0 Å². The van der Waals surface area contributed by atoms with Crippen molar-refractivity contribution in [3.8, 4) is 0 Å². The SMILES string of the molecule is CCc1ccc(CC(O)c2c(C)cccc2C)s1. The molecule has 2 aromatic rings. The summed E-state index contributed by atoms with van der Waals surface area (Å²) in [6.07, 6.45) is 1.40. The smallest absolute Gasteiger partial charge is 0.0843 e. The third kappa shape index (κ3) is 2.82. The van der Waals surface area contributed by atoms with E-state index in [1.54, 1.807) is 0 Å². The van der Waals surface area contributed by atoms with Gasteiger partial charge in [0.05, 0.1) is 6.10 Å². The number of aryl methyl sites for hydroxylation is 3. The van der Waals surface area contributed by atoms with Crippen LogP contribution in [0, 0.1) is 13.8 Å². The highest BCUT2D eigenvalue weighted by atomic mass is 32.1. The Balaban J connectivity index is 2.19. The first-order chi connectivity index (χ1) is 8.61. The van der Waals surface area contributed by atoms with Gasteiger partial charge in [-0.05, 0) is 49.1 Å². The fourth-order valence-electron chi connectivity index (χ4n) is 2.37. The zero-order valence-corrected chi connectivity index (χ0v) is 12.1. The van der Waals surface area contributed by atoms with E-state index in [-0.39, 0.29) is 0 Å². The number of aliphatic hydroxyl groups is 1. The highest BCUT2D eigenvalue weighted by molar-refractivity contribution is 7.11. The lowest BCUT2D eigenvalue weighted by atomic mass is 9.96. The van der Waals surface area contributed by atoms with Crippen molar-refractivity contribution in [1.29, 1.82) is 0 Å². The average Bonchev–Trinajstić information content (AvgIpc) is 2.76. The largest absolute Gasteiger partial charge is 0.388 e. The molecular formula is C16H20OS. The Morgan fingerprint density at radius 2 is 1.67 bits per heavy atom. The maximum absolute atomic E-state index is 10.4. The average molecular weight is 260 g/mol. The summed E-state index contributed by atoms with van der Waals surface area (Å²) < 4.78 is 0. The second-order valence-electron chi connectivity index (χ2n) is 4.75. The minimum Gasteiger partial charge on any atom is -0.388 e. The summed E-state index contributed by atoms with van der Waals surface area (Å²) in [7, 11) is 0. The third-order valence-electron chi connectivity index (χ3n) is 3.34.